The molecule has 0 unspecified atom stereocenters. The van der Waals surface area contributed by atoms with Gasteiger partial charge in [0.1, 0.15) is 5.82 Å². The Kier molecular flexibility index (Phi) is 2.98. The molecule has 0 fully saturated rings. The molecule has 0 aromatic carbocycles. The highest BCUT2D eigenvalue weighted by atomic mass is 32.1. The molecule has 1 N–H and O–H groups in total. The standard InChI is InChI=1S/C13H14N4S/c1-10-2-3-12(18-10)13-15-5-7-17(13)6-4-11-8-14-9-16-11/h2-3,5,7-9H,4,6H2,1H3,(H,14,16). The summed E-state index contributed by atoms with van der Waals surface area (Å²) in [7, 11) is 0. The van der Waals surface area contributed by atoms with Crippen LogP contribution in [0.25, 0.3) is 10.7 Å². The molecule has 0 aliphatic heterocycles. The molecule has 0 bridgehead atoms. The van der Waals surface area contributed by atoms with Crippen molar-refractivity contribution in [3.05, 3.63) is 47.6 Å². The van der Waals surface area contributed by atoms with Crippen LogP contribution in [0.5, 0.6) is 0 Å². The van der Waals surface area contributed by atoms with Crippen molar-refractivity contribution in [1.29, 1.82) is 0 Å². The average Bonchev–Trinajstić information content (AvgIpc) is 3.07. The third-order valence-corrected chi connectivity index (χ3v) is 3.85. The molecule has 0 atom stereocenters. The molecule has 5 heteroatoms. The molecular weight excluding hydrogens is 244 g/mol. The first-order valence-electron chi connectivity index (χ1n) is 5.88. The Labute approximate surface area is 109 Å². The van der Waals surface area contributed by atoms with Crippen molar-refractivity contribution in [3.8, 4) is 10.7 Å². The van der Waals surface area contributed by atoms with Gasteiger partial charge in [-0.25, -0.2) is 9.97 Å². The SMILES string of the molecule is Cc1ccc(-c2nccn2CCc2cnc[nH]2)s1. The third kappa shape index (κ3) is 2.22. The maximum Gasteiger partial charge on any atom is 0.150 e. The smallest absolute Gasteiger partial charge is 0.150 e. The van der Waals surface area contributed by atoms with E-state index in [-0.39, 0.29) is 0 Å². The lowest BCUT2D eigenvalue weighted by Crippen LogP contribution is -2.02. The molecule has 0 spiro atoms. The Balaban J connectivity index is 1.79. The van der Waals surface area contributed by atoms with E-state index >= 15 is 0 Å². The molecule has 18 heavy (non-hydrogen) atoms. The predicted octanol–water partition coefficient (Wildman–Crippen LogP) is 2.89. The second-order valence-electron chi connectivity index (χ2n) is 4.18. The highest BCUT2D eigenvalue weighted by Gasteiger charge is 2.08. The molecule has 3 aromatic rings. The lowest BCUT2D eigenvalue weighted by molar-refractivity contribution is 0.695. The Morgan fingerprint density at radius 1 is 1.39 bits per heavy atom. The van der Waals surface area contributed by atoms with Crippen molar-refractivity contribution >= 4 is 11.3 Å². The largest absolute Gasteiger partial charge is 0.348 e. The first-order valence-corrected chi connectivity index (χ1v) is 6.70. The average molecular weight is 258 g/mol. The van der Waals surface area contributed by atoms with Gasteiger partial charge >= 0.3 is 0 Å². The first-order chi connectivity index (χ1) is 8.83. The molecule has 0 saturated carbocycles. The third-order valence-electron chi connectivity index (χ3n) is 2.85. The zero-order valence-electron chi connectivity index (χ0n) is 10.1. The Bertz CT molecular complexity index is 621. The Morgan fingerprint density at radius 2 is 2.33 bits per heavy atom. The number of hydrogen-bond donors (Lipinski definition) is 1. The molecule has 3 aromatic heterocycles. The molecule has 0 amide bonds. The fourth-order valence-electron chi connectivity index (χ4n) is 1.93. The highest BCUT2D eigenvalue weighted by Crippen LogP contribution is 2.26. The minimum Gasteiger partial charge on any atom is -0.348 e. The normalized spacial score (nSPS) is 10.9. The van der Waals surface area contributed by atoms with Crippen LogP contribution in [0, 0.1) is 6.92 Å². The van der Waals surface area contributed by atoms with Crippen LogP contribution in [-0.4, -0.2) is 19.5 Å². The summed E-state index contributed by atoms with van der Waals surface area (Å²) < 4.78 is 2.19. The van der Waals surface area contributed by atoms with Gasteiger partial charge in [-0.2, -0.15) is 0 Å². The van der Waals surface area contributed by atoms with Crippen LogP contribution in [-0.2, 0) is 13.0 Å². The van der Waals surface area contributed by atoms with Crippen LogP contribution in [0.1, 0.15) is 10.6 Å². The summed E-state index contributed by atoms with van der Waals surface area (Å²) in [6.45, 7) is 3.03. The van der Waals surface area contributed by atoms with Crippen molar-refractivity contribution in [2.45, 2.75) is 19.9 Å². The molecule has 0 aliphatic rings. The summed E-state index contributed by atoms with van der Waals surface area (Å²) in [6.07, 6.45) is 8.41. The molecule has 0 aliphatic carbocycles. The maximum atomic E-state index is 4.45. The van der Waals surface area contributed by atoms with Gasteiger partial charge in [0.2, 0.25) is 0 Å². The minimum atomic E-state index is 0.911. The summed E-state index contributed by atoms with van der Waals surface area (Å²) in [5, 5.41) is 0. The van der Waals surface area contributed by atoms with Gasteiger partial charge in [-0.15, -0.1) is 11.3 Å². The van der Waals surface area contributed by atoms with Gasteiger partial charge in [-0.3, -0.25) is 0 Å². The quantitative estimate of drug-likeness (QED) is 0.782. The number of aromatic amines is 1. The summed E-state index contributed by atoms with van der Waals surface area (Å²) in [5.74, 6) is 1.05. The van der Waals surface area contributed by atoms with Crippen molar-refractivity contribution < 1.29 is 0 Å². The fraction of sp³-hybridized carbons (Fsp3) is 0.231. The summed E-state index contributed by atoms with van der Waals surface area (Å²) in [4.78, 5) is 14.1. The van der Waals surface area contributed by atoms with Crippen molar-refractivity contribution in [1.82, 2.24) is 19.5 Å². The molecule has 0 saturated heterocycles. The number of aromatic nitrogens is 4. The highest BCUT2D eigenvalue weighted by molar-refractivity contribution is 7.15. The molecule has 92 valence electrons. The van der Waals surface area contributed by atoms with E-state index in [1.54, 1.807) is 17.7 Å². The number of aryl methyl sites for hydroxylation is 3. The topological polar surface area (TPSA) is 46.5 Å². The van der Waals surface area contributed by atoms with E-state index in [1.165, 1.54) is 9.75 Å². The summed E-state index contributed by atoms with van der Waals surface area (Å²) in [5.41, 5.74) is 1.15. The summed E-state index contributed by atoms with van der Waals surface area (Å²) >= 11 is 1.78. The molecule has 0 radical (unpaired) electrons. The van der Waals surface area contributed by atoms with Gasteiger partial charge in [0, 0.05) is 42.1 Å². The number of nitrogens with one attached hydrogen (secondary N) is 1. The van der Waals surface area contributed by atoms with Crippen molar-refractivity contribution in [2.75, 3.05) is 0 Å². The van der Waals surface area contributed by atoms with Crippen molar-refractivity contribution in [3.63, 3.8) is 0 Å². The monoisotopic (exact) mass is 258 g/mol. The Morgan fingerprint density at radius 3 is 3.06 bits per heavy atom. The van der Waals surface area contributed by atoms with Crippen LogP contribution >= 0.6 is 11.3 Å². The van der Waals surface area contributed by atoms with E-state index in [4.69, 9.17) is 0 Å². The van der Waals surface area contributed by atoms with Crippen LogP contribution in [0.4, 0.5) is 0 Å². The van der Waals surface area contributed by atoms with Gasteiger partial charge in [-0.1, -0.05) is 0 Å². The zero-order chi connectivity index (χ0) is 12.4. The van der Waals surface area contributed by atoms with E-state index in [0.717, 1.165) is 24.5 Å². The number of imidazole rings is 2. The van der Waals surface area contributed by atoms with E-state index in [0.29, 0.717) is 0 Å². The minimum absolute atomic E-state index is 0.911. The predicted molar refractivity (Wildman–Crippen MR) is 72.6 cm³/mol. The van der Waals surface area contributed by atoms with Gasteiger partial charge in [0.05, 0.1) is 11.2 Å². The van der Waals surface area contributed by atoms with Gasteiger partial charge < -0.3 is 9.55 Å². The lowest BCUT2D eigenvalue weighted by Gasteiger charge is -2.05. The number of hydrogen-bond acceptors (Lipinski definition) is 3. The van der Waals surface area contributed by atoms with Gasteiger partial charge in [-0.05, 0) is 19.1 Å². The van der Waals surface area contributed by atoms with Gasteiger partial charge in [0.25, 0.3) is 0 Å². The van der Waals surface area contributed by atoms with Crippen molar-refractivity contribution in [2.24, 2.45) is 0 Å². The summed E-state index contributed by atoms with van der Waals surface area (Å²) in [6, 6.07) is 4.27. The molecule has 3 rings (SSSR count). The van der Waals surface area contributed by atoms with Crippen LogP contribution in [0.3, 0.4) is 0 Å². The lowest BCUT2D eigenvalue weighted by atomic mass is 10.3. The maximum absolute atomic E-state index is 4.45. The number of nitrogens with zero attached hydrogens (tertiary/aromatic N) is 3. The van der Waals surface area contributed by atoms with E-state index in [1.807, 2.05) is 18.6 Å². The van der Waals surface area contributed by atoms with E-state index in [9.17, 15) is 0 Å². The Hall–Kier alpha value is -1.88. The number of H-pyrrole nitrogens is 1. The fourth-order valence-corrected chi connectivity index (χ4v) is 2.81. The van der Waals surface area contributed by atoms with Crippen LogP contribution < -0.4 is 0 Å². The number of thiophene rings is 1. The number of rotatable bonds is 4. The first kappa shape index (κ1) is 11.2. The van der Waals surface area contributed by atoms with Crippen LogP contribution in [0.2, 0.25) is 0 Å². The second-order valence-corrected chi connectivity index (χ2v) is 5.47. The van der Waals surface area contributed by atoms with Gasteiger partial charge in [0.15, 0.2) is 0 Å². The molecule has 3 heterocycles. The molecule has 4 nitrogen and oxygen atoms in total. The molecular formula is C13H14N4S. The van der Waals surface area contributed by atoms with Crippen LogP contribution in [0.15, 0.2) is 37.1 Å². The zero-order valence-corrected chi connectivity index (χ0v) is 10.9. The second kappa shape index (κ2) is 4.78. The van der Waals surface area contributed by atoms with E-state index < -0.39 is 0 Å². The van der Waals surface area contributed by atoms with E-state index in [2.05, 4.69) is 38.6 Å².